The van der Waals surface area contributed by atoms with Gasteiger partial charge >= 0.3 is 6.09 Å². The van der Waals surface area contributed by atoms with E-state index in [0.717, 1.165) is 5.56 Å². The summed E-state index contributed by atoms with van der Waals surface area (Å²) in [6.45, 7) is 0.868. The fourth-order valence-corrected chi connectivity index (χ4v) is 4.08. The van der Waals surface area contributed by atoms with Gasteiger partial charge in [0.1, 0.15) is 12.2 Å². The summed E-state index contributed by atoms with van der Waals surface area (Å²) in [5.41, 5.74) is 5.25. The second-order valence-electron chi connectivity index (χ2n) is 7.55. The van der Waals surface area contributed by atoms with E-state index < -0.39 is 11.7 Å². The standard InChI is InChI=1S/C24H21NO4/c26-23(25-17-11-9-16(10-12-17)24(27)14-28-15-24)29-13-22-20-7-3-1-5-18(20)19-6-2-4-8-21(19)22/h1-12,22,27H,13-15H2,(H,25,26). The summed E-state index contributed by atoms with van der Waals surface area (Å²) in [6, 6.07) is 23.6. The van der Waals surface area contributed by atoms with Gasteiger partial charge < -0.3 is 14.6 Å². The van der Waals surface area contributed by atoms with Crippen molar-refractivity contribution in [3.63, 3.8) is 0 Å². The molecule has 0 radical (unpaired) electrons. The Morgan fingerprint density at radius 1 is 0.966 bits per heavy atom. The molecule has 0 saturated carbocycles. The van der Waals surface area contributed by atoms with Gasteiger partial charge in [-0.15, -0.1) is 0 Å². The molecule has 1 amide bonds. The van der Waals surface area contributed by atoms with Gasteiger partial charge in [0, 0.05) is 11.6 Å². The molecule has 146 valence electrons. The minimum atomic E-state index is -0.914. The zero-order valence-electron chi connectivity index (χ0n) is 15.8. The van der Waals surface area contributed by atoms with Gasteiger partial charge in [-0.05, 0) is 39.9 Å². The summed E-state index contributed by atoms with van der Waals surface area (Å²) in [5, 5.41) is 13.0. The van der Waals surface area contributed by atoms with Crippen molar-refractivity contribution >= 4 is 11.8 Å². The SMILES string of the molecule is O=C(Nc1ccc(C2(O)COC2)cc1)OCC1c2ccccc2-c2ccccc21. The van der Waals surface area contributed by atoms with Crippen LogP contribution in [0.4, 0.5) is 10.5 Å². The van der Waals surface area contributed by atoms with Crippen LogP contribution in [0.2, 0.25) is 0 Å². The Bertz CT molecular complexity index is 1010. The van der Waals surface area contributed by atoms with Crippen molar-refractivity contribution < 1.29 is 19.4 Å². The zero-order valence-corrected chi connectivity index (χ0v) is 15.8. The third kappa shape index (κ3) is 3.18. The molecule has 3 aromatic carbocycles. The van der Waals surface area contributed by atoms with E-state index >= 15 is 0 Å². The second kappa shape index (κ2) is 7.03. The summed E-state index contributed by atoms with van der Waals surface area (Å²) >= 11 is 0. The Balaban J connectivity index is 1.25. The van der Waals surface area contributed by atoms with Gasteiger partial charge in [-0.25, -0.2) is 4.79 Å². The maximum Gasteiger partial charge on any atom is 0.411 e. The van der Waals surface area contributed by atoms with E-state index in [2.05, 4.69) is 29.6 Å². The molecule has 0 unspecified atom stereocenters. The number of ether oxygens (including phenoxy) is 2. The van der Waals surface area contributed by atoms with Crippen molar-refractivity contribution in [2.45, 2.75) is 11.5 Å². The average Bonchev–Trinajstić information content (AvgIpc) is 3.05. The normalized spacial score (nSPS) is 16.4. The molecule has 1 aliphatic heterocycles. The number of anilines is 1. The molecule has 29 heavy (non-hydrogen) atoms. The van der Waals surface area contributed by atoms with Crippen LogP contribution in [0.5, 0.6) is 0 Å². The molecule has 1 heterocycles. The molecule has 3 aromatic rings. The van der Waals surface area contributed by atoms with Crippen molar-refractivity contribution in [1.29, 1.82) is 0 Å². The number of carbonyl (C=O) groups excluding carboxylic acids is 1. The summed E-state index contributed by atoms with van der Waals surface area (Å²) in [7, 11) is 0. The predicted octanol–water partition coefficient (Wildman–Crippen LogP) is 4.27. The summed E-state index contributed by atoms with van der Waals surface area (Å²) in [5.74, 6) is 0.0309. The lowest BCUT2D eigenvalue weighted by Crippen LogP contribution is -2.46. The molecule has 2 aliphatic rings. The highest BCUT2D eigenvalue weighted by Gasteiger charge is 2.37. The molecular formula is C24H21NO4. The van der Waals surface area contributed by atoms with Gasteiger partial charge in [0.05, 0.1) is 13.2 Å². The van der Waals surface area contributed by atoms with Crippen LogP contribution in [-0.4, -0.2) is 31.0 Å². The van der Waals surface area contributed by atoms with Gasteiger partial charge in [0.2, 0.25) is 0 Å². The lowest BCUT2D eigenvalue weighted by molar-refractivity contribution is -0.184. The summed E-state index contributed by atoms with van der Waals surface area (Å²) in [4.78, 5) is 12.3. The molecule has 1 aliphatic carbocycles. The van der Waals surface area contributed by atoms with Crippen LogP contribution in [0, 0.1) is 0 Å². The highest BCUT2D eigenvalue weighted by Crippen LogP contribution is 2.44. The number of aliphatic hydroxyl groups is 1. The molecule has 0 bridgehead atoms. The molecule has 0 aromatic heterocycles. The number of hydrogen-bond acceptors (Lipinski definition) is 4. The van der Waals surface area contributed by atoms with E-state index in [1.54, 1.807) is 24.3 Å². The lowest BCUT2D eigenvalue weighted by Gasteiger charge is -2.36. The quantitative estimate of drug-likeness (QED) is 0.702. The van der Waals surface area contributed by atoms with Gasteiger partial charge in [-0.1, -0.05) is 60.7 Å². The number of hydrogen-bond donors (Lipinski definition) is 2. The van der Waals surface area contributed by atoms with Crippen LogP contribution < -0.4 is 5.32 Å². The van der Waals surface area contributed by atoms with Gasteiger partial charge in [0.25, 0.3) is 0 Å². The summed E-state index contributed by atoms with van der Waals surface area (Å²) < 4.78 is 10.6. The smallest absolute Gasteiger partial charge is 0.411 e. The Labute approximate surface area is 168 Å². The van der Waals surface area contributed by atoms with E-state index in [9.17, 15) is 9.90 Å². The molecule has 1 saturated heterocycles. The first-order valence-corrected chi connectivity index (χ1v) is 9.67. The second-order valence-corrected chi connectivity index (χ2v) is 7.55. The van der Waals surface area contributed by atoms with Gasteiger partial charge in [-0.3, -0.25) is 5.32 Å². The monoisotopic (exact) mass is 387 g/mol. The number of benzene rings is 3. The lowest BCUT2D eigenvalue weighted by atomic mass is 9.92. The van der Waals surface area contributed by atoms with Crippen LogP contribution >= 0.6 is 0 Å². The molecule has 0 atom stereocenters. The maximum atomic E-state index is 12.3. The fourth-order valence-electron chi connectivity index (χ4n) is 4.08. The van der Waals surface area contributed by atoms with E-state index in [-0.39, 0.29) is 12.5 Å². The third-order valence-electron chi connectivity index (χ3n) is 5.69. The highest BCUT2D eigenvalue weighted by atomic mass is 16.5. The summed E-state index contributed by atoms with van der Waals surface area (Å²) in [6.07, 6.45) is -0.495. The minimum Gasteiger partial charge on any atom is -0.448 e. The number of fused-ring (bicyclic) bond motifs is 3. The maximum absolute atomic E-state index is 12.3. The minimum absolute atomic E-state index is 0.0309. The molecule has 5 heteroatoms. The first-order chi connectivity index (χ1) is 14.1. The Morgan fingerprint density at radius 3 is 2.10 bits per heavy atom. The molecular weight excluding hydrogens is 366 g/mol. The van der Waals surface area contributed by atoms with Crippen molar-refractivity contribution in [3.05, 3.63) is 89.5 Å². The highest BCUT2D eigenvalue weighted by molar-refractivity contribution is 5.85. The predicted molar refractivity (Wildman–Crippen MR) is 110 cm³/mol. The number of amides is 1. The molecule has 5 rings (SSSR count). The zero-order chi connectivity index (χ0) is 19.8. The Hall–Kier alpha value is -3.15. The van der Waals surface area contributed by atoms with Crippen LogP contribution in [0.15, 0.2) is 72.8 Å². The van der Waals surface area contributed by atoms with Crippen LogP contribution in [-0.2, 0) is 15.1 Å². The van der Waals surface area contributed by atoms with Crippen molar-refractivity contribution in [2.24, 2.45) is 0 Å². The van der Waals surface area contributed by atoms with Crippen LogP contribution in [0.3, 0.4) is 0 Å². The van der Waals surface area contributed by atoms with E-state index in [1.807, 2.05) is 24.3 Å². The number of nitrogens with one attached hydrogen (secondary N) is 1. The van der Waals surface area contributed by atoms with Crippen molar-refractivity contribution in [1.82, 2.24) is 0 Å². The Morgan fingerprint density at radius 2 is 1.55 bits per heavy atom. The van der Waals surface area contributed by atoms with Crippen molar-refractivity contribution in [2.75, 3.05) is 25.1 Å². The first-order valence-electron chi connectivity index (χ1n) is 9.67. The van der Waals surface area contributed by atoms with E-state index in [0.29, 0.717) is 18.9 Å². The van der Waals surface area contributed by atoms with E-state index in [4.69, 9.17) is 9.47 Å². The Kier molecular flexibility index (Phi) is 4.34. The largest absolute Gasteiger partial charge is 0.448 e. The average molecular weight is 387 g/mol. The fraction of sp³-hybridized carbons (Fsp3) is 0.208. The van der Waals surface area contributed by atoms with Crippen molar-refractivity contribution in [3.8, 4) is 11.1 Å². The molecule has 5 nitrogen and oxygen atoms in total. The topological polar surface area (TPSA) is 67.8 Å². The van der Waals surface area contributed by atoms with Gasteiger partial charge in [0.15, 0.2) is 0 Å². The van der Waals surface area contributed by atoms with Crippen LogP contribution in [0.25, 0.3) is 11.1 Å². The molecule has 1 fully saturated rings. The number of rotatable bonds is 4. The number of carbonyl (C=O) groups is 1. The van der Waals surface area contributed by atoms with Crippen LogP contribution in [0.1, 0.15) is 22.6 Å². The van der Waals surface area contributed by atoms with E-state index in [1.165, 1.54) is 22.3 Å². The first kappa shape index (κ1) is 17.9. The van der Waals surface area contributed by atoms with Gasteiger partial charge in [-0.2, -0.15) is 0 Å². The third-order valence-corrected chi connectivity index (χ3v) is 5.69. The molecule has 2 N–H and O–H groups in total. The molecule has 0 spiro atoms.